The normalized spacial score (nSPS) is 24.1. The zero-order valence-electron chi connectivity index (χ0n) is 18.0. The molecule has 0 bridgehead atoms. The Labute approximate surface area is 186 Å². The van der Waals surface area contributed by atoms with Crippen LogP contribution >= 0.6 is 0 Å². The van der Waals surface area contributed by atoms with Gasteiger partial charge in [-0.25, -0.2) is 4.39 Å². The number of aliphatic hydroxyl groups excluding tert-OH is 1. The summed E-state index contributed by atoms with van der Waals surface area (Å²) >= 11 is 0. The molecule has 5 rings (SSSR count). The van der Waals surface area contributed by atoms with E-state index in [1.165, 1.54) is 12.1 Å². The van der Waals surface area contributed by atoms with E-state index < -0.39 is 5.72 Å². The number of aliphatic hydroxyl groups is 1. The number of hydrogen-bond donors (Lipinski definition) is 2. The summed E-state index contributed by atoms with van der Waals surface area (Å²) in [6.07, 6.45) is 3.81. The van der Waals surface area contributed by atoms with E-state index in [4.69, 9.17) is 15.3 Å². The van der Waals surface area contributed by atoms with Gasteiger partial charge in [-0.05, 0) is 66.5 Å². The van der Waals surface area contributed by atoms with E-state index in [-0.39, 0.29) is 18.5 Å². The molecular formula is C24H27FN4O3. The Balaban J connectivity index is 1.44. The highest BCUT2D eigenvalue weighted by atomic mass is 19.1. The molecule has 0 aliphatic carbocycles. The first-order valence-electron chi connectivity index (χ1n) is 10.8. The molecule has 7 nitrogen and oxygen atoms in total. The van der Waals surface area contributed by atoms with E-state index in [1.54, 1.807) is 19.2 Å². The molecule has 32 heavy (non-hydrogen) atoms. The maximum atomic E-state index is 13.5. The highest BCUT2D eigenvalue weighted by Crippen LogP contribution is 2.40. The summed E-state index contributed by atoms with van der Waals surface area (Å²) in [5, 5.41) is 14.6. The summed E-state index contributed by atoms with van der Waals surface area (Å²) in [7, 11) is 1.67. The number of hydrogen-bond acceptors (Lipinski definition) is 7. The van der Waals surface area contributed by atoms with E-state index in [9.17, 15) is 9.50 Å². The fourth-order valence-electron chi connectivity index (χ4n) is 4.66. The van der Waals surface area contributed by atoms with Gasteiger partial charge in [0, 0.05) is 31.2 Å². The molecule has 2 aromatic rings. The third-order valence-electron chi connectivity index (χ3n) is 6.39. The van der Waals surface area contributed by atoms with Gasteiger partial charge >= 0.3 is 0 Å². The number of ether oxygens (including phenoxy) is 1. The number of anilines is 1. The van der Waals surface area contributed by atoms with Gasteiger partial charge in [-0.1, -0.05) is 11.2 Å². The molecule has 3 aliphatic rings. The number of nitrogens with two attached hydrogens (primary N) is 1. The van der Waals surface area contributed by atoms with Crippen LogP contribution in [0.15, 0.2) is 53.2 Å². The van der Waals surface area contributed by atoms with Crippen molar-refractivity contribution in [3.8, 4) is 5.75 Å². The van der Waals surface area contributed by atoms with Crippen LogP contribution in [-0.2, 0) is 10.6 Å². The lowest BCUT2D eigenvalue weighted by molar-refractivity contribution is -0.137. The summed E-state index contributed by atoms with van der Waals surface area (Å²) in [6, 6.07) is 12.3. The number of halogens is 1. The Kier molecular flexibility index (Phi) is 5.27. The van der Waals surface area contributed by atoms with Gasteiger partial charge in [0.2, 0.25) is 0 Å². The average Bonchev–Trinajstić information content (AvgIpc) is 3.18. The highest BCUT2D eigenvalue weighted by molar-refractivity contribution is 6.03. The van der Waals surface area contributed by atoms with E-state index in [0.29, 0.717) is 17.9 Å². The molecule has 3 aliphatic heterocycles. The Hall–Kier alpha value is -3.10. The van der Waals surface area contributed by atoms with Crippen molar-refractivity contribution in [3.05, 3.63) is 65.0 Å². The molecule has 0 amide bonds. The Bertz CT molecular complexity index is 1070. The van der Waals surface area contributed by atoms with Crippen molar-refractivity contribution in [2.24, 2.45) is 10.9 Å². The maximum Gasteiger partial charge on any atom is 0.260 e. The standard InChI is InChI=1S/C24H27FN4O3/c1-31-22-12-16(4-9-21(22)28-13-20(26)14-28)11-17-3-2-10-29-23(17)27-32-24(29,15-30)18-5-7-19(25)8-6-18/h4-9,11-12,20,30H,2-3,10,13-15,26H2,1H3/b17-11+. The third-order valence-corrected chi connectivity index (χ3v) is 6.39. The lowest BCUT2D eigenvalue weighted by Gasteiger charge is -2.39. The first-order valence-corrected chi connectivity index (χ1v) is 10.8. The fourth-order valence-corrected chi connectivity index (χ4v) is 4.66. The van der Waals surface area contributed by atoms with Crippen molar-refractivity contribution < 1.29 is 19.1 Å². The molecule has 2 aromatic carbocycles. The zero-order valence-corrected chi connectivity index (χ0v) is 18.0. The molecule has 0 radical (unpaired) electrons. The predicted octanol–water partition coefficient (Wildman–Crippen LogP) is 2.65. The number of fused-ring (bicyclic) bond motifs is 1. The second-order valence-electron chi connectivity index (χ2n) is 8.48. The quantitative estimate of drug-likeness (QED) is 0.747. The molecule has 0 spiro atoms. The fraction of sp³-hybridized carbons (Fsp3) is 0.375. The van der Waals surface area contributed by atoms with Crippen LogP contribution in [0.2, 0.25) is 0 Å². The minimum absolute atomic E-state index is 0.211. The predicted molar refractivity (Wildman–Crippen MR) is 121 cm³/mol. The van der Waals surface area contributed by atoms with Crippen molar-refractivity contribution in [2.75, 3.05) is 38.3 Å². The number of amidine groups is 1. The van der Waals surface area contributed by atoms with E-state index >= 15 is 0 Å². The molecule has 2 saturated heterocycles. The number of rotatable bonds is 5. The van der Waals surface area contributed by atoms with Crippen LogP contribution in [0.4, 0.5) is 10.1 Å². The number of benzene rings is 2. The second-order valence-corrected chi connectivity index (χ2v) is 8.48. The van der Waals surface area contributed by atoms with E-state index in [1.807, 2.05) is 11.0 Å². The Morgan fingerprint density at radius 1 is 1.28 bits per heavy atom. The van der Waals surface area contributed by atoms with Crippen molar-refractivity contribution in [1.29, 1.82) is 0 Å². The van der Waals surface area contributed by atoms with Crippen molar-refractivity contribution >= 4 is 17.6 Å². The van der Waals surface area contributed by atoms with Crippen LogP contribution in [0.25, 0.3) is 6.08 Å². The van der Waals surface area contributed by atoms with E-state index in [0.717, 1.165) is 48.5 Å². The van der Waals surface area contributed by atoms with Crippen molar-refractivity contribution in [1.82, 2.24) is 4.90 Å². The van der Waals surface area contributed by atoms with Crippen molar-refractivity contribution in [2.45, 2.75) is 24.6 Å². The summed E-state index contributed by atoms with van der Waals surface area (Å²) < 4.78 is 19.1. The third kappa shape index (κ3) is 3.40. The highest BCUT2D eigenvalue weighted by Gasteiger charge is 2.49. The molecule has 3 heterocycles. The number of methoxy groups -OCH3 is 1. The summed E-state index contributed by atoms with van der Waals surface area (Å²) in [6.45, 7) is 2.05. The van der Waals surface area contributed by atoms with Crippen LogP contribution in [-0.4, -0.2) is 55.2 Å². The maximum absolute atomic E-state index is 13.5. The van der Waals surface area contributed by atoms with Crippen LogP contribution < -0.4 is 15.4 Å². The SMILES string of the molecule is COc1cc(/C=C2\CCCN3C2=NOC3(CO)c2ccc(F)cc2)ccc1N1CC(N)C1. The summed E-state index contributed by atoms with van der Waals surface area (Å²) in [5.74, 6) is 1.17. The van der Waals surface area contributed by atoms with Gasteiger partial charge in [0.25, 0.3) is 5.72 Å². The van der Waals surface area contributed by atoms with E-state index in [2.05, 4.69) is 28.3 Å². The number of nitrogens with zero attached hydrogens (tertiary/aromatic N) is 3. The summed E-state index contributed by atoms with van der Waals surface area (Å²) in [5.41, 5.74) is 8.52. The largest absolute Gasteiger partial charge is 0.495 e. The van der Waals surface area contributed by atoms with Crippen molar-refractivity contribution in [3.63, 3.8) is 0 Å². The lowest BCUT2D eigenvalue weighted by atomic mass is 9.94. The topological polar surface area (TPSA) is 83.6 Å². The minimum Gasteiger partial charge on any atom is -0.495 e. The first kappa shape index (κ1) is 20.8. The van der Waals surface area contributed by atoms with Gasteiger partial charge in [0.1, 0.15) is 18.2 Å². The van der Waals surface area contributed by atoms with Gasteiger partial charge in [-0.3, -0.25) is 0 Å². The minimum atomic E-state index is -1.14. The molecular weight excluding hydrogens is 411 g/mol. The zero-order chi connectivity index (χ0) is 22.3. The second kappa shape index (κ2) is 8.11. The molecule has 168 valence electrons. The molecule has 8 heteroatoms. The van der Waals surface area contributed by atoms with Gasteiger partial charge in [0.05, 0.1) is 12.8 Å². The smallest absolute Gasteiger partial charge is 0.260 e. The molecule has 3 N–H and O–H groups in total. The molecule has 1 unspecified atom stereocenters. The Morgan fingerprint density at radius 2 is 2.06 bits per heavy atom. The van der Waals surface area contributed by atoms with Gasteiger partial charge in [0.15, 0.2) is 5.84 Å². The summed E-state index contributed by atoms with van der Waals surface area (Å²) in [4.78, 5) is 9.99. The average molecular weight is 439 g/mol. The molecule has 0 aromatic heterocycles. The number of oxime groups is 1. The molecule has 1 atom stereocenters. The Morgan fingerprint density at radius 3 is 2.75 bits per heavy atom. The van der Waals surface area contributed by atoms with Gasteiger partial charge in [-0.2, -0.15) is 0 Å². The first-order chi connectivity index (χ1) is 15.5. The van der Waals surface area contributed by atoms with Crippen LogP contribution in [0, 0.1) is 5.82 Å². The monoisotopic (exact) mass is 438 g/mol. The van der Waals surface area contributed by atoms with Gasteiger partial charge < -0.3 is 30.2 Å². The number of piperidine rings is 1. The van der Waals surface area contributed by atoms with Crippen LogP contribution in [0.3, 0.4) is 0 Å². The van der Waals surface area contributed by atoms with Crippen LogP contribution in [0.1, 0.15) is 24.0 Å². The molecule has 0 saturated carbocycles. The van der Waals surface area contributed by atoms with Gasteiger partial charge in [-0.15, -0.1) is 0 Å². The lowest BCUT2D eigenvalue weighted by Crippen LogP contribution is -2.55. The molecule has 2 fully saturated rings. The van der Waals surface area contributed by atoms with Crippen LogP contribution in [0.5, 0.6) is 5.75 Å².